The number of Topliss-reactive ketones (excluding diaryl/α,β-unsaturated/α-hetero) is 1. The van der Waals surface area contributed by atoms with Crippen molar-refractivity contribution in [3.63, 3.8) is 0 Å². The number of nitrogens with one attached hydrogen (secondary N) is 1. The Bertz CT molecular complexity index is 1320. The van der Waals surface area contributed by atoms with Gasteiger partial charge in [-0.1, -0.05) is 72.0 Å². The van der Waals surface area contributed by atoms with Gasteiger partial charge in [0, 0.05) is 25.9 Å². The van der Waals surface area contributed by atoms with Crippen LogP contribution in [-0.4, -0.2) is 45.2 Å². The van der Waals surface area contributed by atoms with Crippen LogP contribution >= 0.6 is 22.7 Å². The number of hydrogen-bond acceptors (Lipinski definition) is 9. The number of carbonyl (C=O) groups excluding carboxylic acids is 2. The Morgan fingerprint density at radius 2 is 1.43 bits per heavy atom. The van der Waals surface area contributed by atoms with Crippen LogP contribution in [0.5, 0.6) is 0 Å². The van der Waals surface area contributed by atoms with Crippen LogP contribution in [0, 0.1) is 5.92 Å². The van der Waals surface area contributed by atoms with Gasteiger partial charge < -0.3 is 10.2 Å². The molecule has 0 unspecified atom stereocenters. The molecule has 1 fully saturated rings. The number of amides is 1. The summed E-state index contributed by atoms with van der Waals surface area (Å²) in [6, 6.07) is 19.4. The minimum atomic E-state index is -0.0919. The maximum absolute atomic E-state index is 12.4. The van der Waals surface area contributed by atoms with E-state index in [2.05, 4.69) is 30.6 Å². The second-order valence-corrected chi connectivity index (χ2v) is 11.3. The molecule has 37 heavy (non-hydrogen) atoms. The van der Waals surface area contributed by atoms with Crippen LogP contribution in [0.25, 0.3) is 0 Å². The van der Waals surface area contributed by atoms with Crippen molar-refractivity contribution in [3.05, 3.63) is 81.8 Å². The fourth-order valence-corrected chi connectivity index (χ4v) is 6.21. The lowest BCUT2D eigenvalue weighted by Gasteiger charge is -2.30. The van der Waals surface area contributed by atoms with Gasteiger partial charge in [0.1, 0.15) is 15.8 Å². The van der Waals surface area contributed by atoms with Gasteiger partial charge in [0.05, 0.1) is 12.8 Å². The molecule has 0 spiro atoms. The van der Waals surface area contributed by atoms with Crippen molar-refractivity contribution in [2.45, 2.75) is 38.5 Å². The van der Waals surface area contributed by atoms with Gasteiger partial charge in [-0.05, 0) is 29.9 Å². The zero-order valence-corrected chi connectivity index (χ0v) is 22.0. The summed E-state index contributed by atoms with van der Waals surface area (Å²) in [4.78, 5) is 26.9. The molecule has 1 amide bonds. The highest BCUT2D eigenvalue weighted by molar-refractivity contribution is 7.19. The fourth-order valence-electron chi connectivity index (χ4n) is 4.41. The van der Waals surface area contributed by atoms with Gasteiger partial charge in [-0.25, -0.2) is 0 Å². The van der Waals surface area contributed by atoms with Gasteiger partial charge in [-0.2, -0.15) is 0 Å². The maximum atomic E-state index is 12.4. The van der Waals surface area contributed by atoms with Gasteiger partial charge in [0.2, 0.25) is 16.2 Å². The first-order chi connectivity index (χ1) is 18.1. The van der Waals surface area contributed by atoms with Gasteiger partial charge in [-0.15, -0.1) is 31.7 Å². The van der Waals surface area contributed by atoms with Gasteiger partial charge in [-0.3, -0.25) is 9.59 Å². The molecule has 8 nitrogen and oxygen atoms in total. The highest BCUT2D eigenvalue weighted by Crippen LogP contribution is 2.30. The molecule has 2 aromatic heterocycles. The van der Waals surface area contributed by atoms with Crippen molar-refractivity contribution < 1.29 is 9.59 Å². The van der Waals surface area contributed by atoms with Crippen LogP contribution in [0.4, 0.5) is 10.3 Å². The Labute approximate surface area is 223 Å². The molecule has 1 N–H and O–H groups in total. The SMILES string of the molecule is O=C(Cc1ccccc1)Cc1nnc(CC2CCN(c3nnc(NC(=O)Cc4ccccc4)s3)CC2)s1. The van der Waals surface area contributed by atoms with E-state index in [0.29, 0.717) is 30.3 Å². The highest BCUT2D eigenvalue weighted by Gasteiger charge is 2.24. The quantitative estimate of drug-likeness (QED) is 0.323. The number of aromatic nitrogens is 4. The summed E-state index contributed by atoms with van der Waals surface area (Å²) in [6.45, 7) is 1.77. The number of nitrogens with zero attached hydrogens (tertiary/aromatic N) is 5. The molecular formula is C27H28N6O2S2. The van der Waals surface area contributed by atoms with E-state index in [1.54, 1.807) is 11.3 Å². The average Bonchev–Trinajstić information content (AvgIpc) is 3.55. The van der Waals surface area contributed by atoms with E-state index in [4.69, 9.17) is 0 Å². The summed E-state index contributed by atoms with van der Waals surface area (Å²) in [7, 11) is 0. The fraction of sp³-hybridized carbons (Fsp3) is 0.333. The van der Waals surface area contributed by atoms with Crippen LogP contribution in [0.2, 0.25) is 0 Å². The zero-order chi connectivity index (χ0) is 25.5. The van der Waals surface area contributed by atoms with E-state index in [1.165, 1.54) is 11.3 Å². The molecule has 3 heterocycles. The summed E-state index contributed by atoms with van der Waals surface area (Å²) in [5.41, 5.74) is 1.99. The number of anilines is 2. The third-order valence-corrected chi connectivity index (χ3v) is 8.16. The lowest BCUT2D eigenvalue weighted by molar-refractivity contribution is -0.118. The first-order valence-corrected chi connectivity index (χ1v) is 14.0. The van der Waals surface area contributed by atoms with Crippen molar-refractivity contribution in [2.24, 2.45) is 5.92 Å². The Morgan fingerprint density at radius 3 is 2.14 bits per heavy atom. The molecule has 0 saturated carbocycles. The normalized spacial score (nSPS) is 14.0. The van der Waals surface area contributed by atoms with Crippen molar-refractivity contribution in [1.29, 1.82) is 0 Å². The lowest BCUT2D eigenvalue weighted by Crippen LogP contribution is -2.34. The highest BCUT2D eigenvalue weighted by atomic mass is 32.1. The standard InChI is InChI=1S/C27H28N6O2S2/c34-22(15-19-7-3-1-4-8-19)18-25-30-29-24(36-25)17-21-11-13-33(14-12-21)27-32-31-26(37-27)28-23(35)16-20-9-5-2-6-10-20/h1-10,21H,11-18H2,(H,28,31,35). The summed E-state index contributed by atoms with van der Waals surface area (Å²) in [5.74, 6) is 0.593. The van der Waals surface area contributed by atoms with Crippen LogP contribution in [-0.2, 0) is 35.3 Å². The number of piperidine rings is 1. The molecule has 0 bridgehead atoms. The third-order valence-electron chi connectivity index (χ3n) is 6.32. The number of benzene rings is 2. The molecule has 10 heteroatoms. The van der Waals surface area contributed by atoms with Crippen LogP contribution in [0.3, 0.4) is 0 Å². The smallest absolute Gasteiger partial charge is 0.230 e. The Hall–Kier alpha value is -3.50. The monoisotopic (exact) mass is 532 g/mol. The first-order valence-electron chi connectivity index (χ1n) is 12.4. The summed E-state index contributed by atoms with van der Waals surface area (Å²) >= 11 is 2.97. The Balaban J connectivity index is 1.06. The summed E-state index contributed by atoms with van der Waals surface area (Å²) in [5, 5.41) is 23.1. The second-order valence-electron chi connectivity index (χ2n) is 9.20. The minimum Gasteiger partial charge on any atom is -0.347 e. The van der Waals surface area contributed by atoms with E-state index in [-0.39, 0.29) is 11.7 Å². The van der Waals surface area contributed by atoms with Gasteiger partial charge >= 0.3 is 0 Å². The van der Waals surface area contributed by atoms with Crippen molar-refractivity contribution in [1.82, 2.24) is 20.4 Å². The summed E-state index contributed by atoms with van der Waals surface area (Å²) < 4.78 is 0. The third kappa shape index (κ3) is 7.27. The predicted molar refractivity (Wildman–Crippen MR) is 146 cm³/mol. The molecule has 1 aliphatic rings. The van der Waals surface area contributed by atoms with Crippen molar-refractivity contribution >= 4 is 44.6 Å². The minimum absolute atomic E-state index is 0.0919. The van der Waals surface area contributed by atoms with Crippen LogP contribution in [0.15, 0.2) is 60.7 Å². The zero-order valence-electron chi connectivity index (χ0n) is 20.4. The number of carbonyl (C=O) groups is 2. The first kappa shape index (κ1) is 25.2. The molecule has 0 radical (unpaired) electrons. The number of rotatable bonds is 10. The van der Waals surface area contributed by atoms with Crippen molar-refractivity contribution in [3.8, 4) is 0 Å². The molecule has 2 aromatic carbocycles. The van der Waals surface area contributed by atoms with E-state index in [0.717, 1.165) is 58.6 Å². The predicted octanol–water partition coefficient (Wildman–Crippen LogP) is 4.38. The van der Waals surface area contributed by atoms with E-state index in [9.17, 15) is 9.59 Å². The average molecular weight is 533 g/mol. The summed E-state index contributed by atoms with van der Waals surface area (Å²) in [6.07, 6.45) is 4.02. The number of ketones is 1. The molecule has 1 aliphatic heterocycles. The largest absolute Gasteiger partial charge is 0.347 e. The Morgan fingerprint density at radius 1 is 0.784 bits per heavy atom. The van der Waals surface area contributed by atoms with Crippen molar-refractivity contribution in [2.75, 3.05) is 23.3 Å². The molecular weight excluding hydrogens is 504 g/mol. The lowest BCUT2D eigenvalue weighted by atomic mass is 9.94. The molecule has 190 valence electrons. The molecule has 0 atom stereocenters. The Kier molecular flexibility index (Phi) is 8.27. The van der Waals surface area contributed by atoms with Gasteiger partial charge in [0.15, 0.2) is 0 Å². The molecule has 0 aliphatic carbocycles. The molecule has 1 saturated heterocycles. The second kappa shape index (κ2) is 12.2. The molecule has 5 rings (SSSR count). The maximum Gasteiger partial charge on any atom is 0.230 e. The topological polar surface area (TPSA) is 101 Å². The number of hydrogen-bond donors (Lipinski definition) is 1. The van der Waals surface area contributed by atoms with Crippen LogP contribution < -0.4 is 10.2 Å². The van der Waals surface area contributed by atoms with E-state index in [1.807, 2.05) is 60.7 Å². The van der Waals surface area contributed by atoms with E-state index >= 15 is 0 Å². The van der Waals surface area contributed by atoms with Crippen LogP contribution in [0.1, 0.15) is 34.0 Å². The molecule has 4 aromatic rings. The van der Waals surface area contributed by atoms with E-state index < -0.39 is 0 Å². The van der Waals surface area contributed by atoms with Gasteiger partial charge in [0.25, 0.3) is 0 Å².